The molecule has 0 spiro atoms. The first-order chi connectivity index (χ1) is 25.2. The molecule has 0 unspecified atom stereocenters. The summed E-state index contributed by atoms with van der Waals surface area (Å²) in [7, 11) is 1.39. The van der Waals surface area contributed by atoms with Gasteiger partial charge in [-0.15, -0.1) is 12.4 Å². The average molecular weight is 789 g/mol. The number of aromatic nitrogens is 1. The van der Waals surface area contributed by atoms with Gasteiger partial charge in [-0.05, 0) is 63.2 Å². The molecule has 2 aliphatic heterocycles. The minimum atomic E-state index is -0.800. The maximum absolute atomic E-state index is 12.9. The van der Waals surface area contributed by atoms with E-state index in [0.717, 1.165) is 38.5 Å². The molecule has 0 aliphatic carbocycles. The number of nitrogens with two attached hydrogens (primary N) is 1. The molecule has 0 saturated carbocycles. The second-order valence-corrected chi connectivity index (χ2v) is 15.1. The molecule has 8 atom stereocenters. The van der Waals surface area contributed by atoms with E-state index >= 15 is 0 Å². The van der Waals surface area contributed by atoms with E-state index in [1.807, 2.05) is 13.8 Å². The van der Waals surface area contributed by atoms with Crippen LogP contribution in [-0.2, 0) is 38.0 Å². The number of nitrogens with zero attached hydrogens (tertiary/aromatic N) is 1. The fourth-order valence-electron chi connectivity index (χ4n) is 6.60. The first-order valence-electron chi connectivity index (χ1n) is 19.5. The summed E-state index contributed by atoms with van der Waals surface area (Å²) in [6.07, 6.45) is 5.91. The summed E-state index contributed by atoms with van der Waals surface area (Å²) in [5.74, 6) is -1.02. The smallest absolute Gasteiger partial charge is 0.325 e. The van der Waals surface area contributed by atoms with Gasteiger partial charge in [0.15, 0.2) is 23.0 Å². The molecule has 0 radical (unpaired) electrons. The zero-order valence-corrected chi connectivity index (χ0v) is 34.9. The lowest BCUT2D eigenvalue weighted by atomic mass is 9.90. The lowest BCUT2D eigenvalue weighted by Gasteiger charge is -2.34. The van der Waals surface area contributed by atoms with Crippen LogP contribution in [0.5, 0.6) is 11.5 Å². The van der Waals surface area contributed by atoms with Crippen LogP contribution < -0.4 is 10.5 Å². The number of Topliss-reactive ketones (excluding diaryl/α,β-unsaturated/α-hetero) is 1. The van der Waals surface area contributed by atoms with Gasteiger partial charge in [-0.1, -0.05) is 54.4 Å². The van der Waals surface area contributed by atoms with E-state index in [1.54, 1.807) is 0 Å². The monoisotopic (exact) mass is 788 g/mol. The van der Waals surface area contributed by atoms with Crippen molar-refractivity contribution in [1.29, 1.82) is 0 Å². The second kappa shape index (κ2) is 26.3. The minimum absolute atomic E-state index is 0. The van der Waals surface area contributed by atoms with Crippen LogP contribution in [0.2, 0.25) is 0 Å². The molecule has 1 aromatic heterocycles. The number of pyridine rings is 1. The molecular formula is C40H69ClN2O11. The minimum Gasteiger partial charge on any atom is -0.503 e. The summed E-state index contributed by atoms with van der Waals surface area (Å²) in [6.45, 7) is 19.1. The molecule has 312 valence electrons. The van der Waals surface area contributed by atoms with E-state index in [2.05, 4.69) is 46.5 Å². The van der Waals surface area contributed by atoms with E-state index in [-0.39, 0.29) is 73.5 Å². The lowest BCUT2D eigenvalue weighted by molar-refractivity contribution is -0.170. The van der Waals surface area contributed by atoms with Crippen LogP contribution in [0.15, 0.2) is 12.3 Å². The predicted octanol–water partition coefficient (Wildman–Crippen LogP) is 6.34. The number of aromatic hydroxyl groups is 1. The third kappa shape index (κ3) is 16.7. The topological polar surface area (TPSA) is 175 Å². The fraction of sp³-hybridized carbons (Fsp3) is 0.800. The Bertz CT molecular complexity index is 1240. The Labute approximate surface area is 329 Å². The van der Waals surface area contributed by atoms with E-state index in [4.69, 9.17) is 38.9 Å². The maximum Gasteiger partial charge on any atom is 0.325 e. The Morgan fingerprint density at radius 2 is 1.39 bits per heavy atom. The third-order valence-corrected chi connectivity index (χ3v) is 9.34. The Morgan fingerprint density at radius 3 is 1.87 bits per heavy atom. The molecule has 0 bridgehead atoms. The van der Waals surface area contributed by atoms with E-state index in [9.17, 15) is 19.5 Å². The molecule has 3 rings (SSSR count). The molecule has 1 aromatic rings. The lowest BCUT2D eigenvalue weighted by Crippen LogP contribution is -2.45. The first-order valence-corrected chi connectivity index (χ1v) is 19.5. The van der Waals surface area contributed by atoms with Crippen LogP contribution in [0.1, 0.15) is 111 Å². The van der Waals surface area contributed by atoms with E-state index in [0.29, 0.717) is 44.2 Å². The quantitative estimate of drug-likeness (QED) is 0.158. The van der Waals surface area contributed by atoms with Crippen LogP contribution in [0.25, 0.3) is 0 Å². The summed E-state index contributed by atoms with van der Waals surface area (Å²) in [5, 5.41) is 10.2. The fourth-order valence-corrected chi connectivity index (χ4v) is 6.60. The van der Waals surface area contributed by atoms with Gasteiger partial charge in [0.2, 0.25) is 0 Å². The van der Waals surface area contributed by atoms with E-state index < -0.39 is 35.8 Å². The van der Waals surface area contributed by atoms with Gasteiger partial charge >= 0.3 is 11.9 Å². The Balaban J connectivity index is 0.000000577. The first kappa shape index (κ1) is 49.5. The number of hydrogen-bond acceptors (Lipinski definition) is 13. The molecule has 14 heteroatoms. The highest BCUT2D eigenvalue weighted by Gasteiger charge is 2.35. The third-order valence-electron chi connectivity index (χ3n) is 9.34. The molecule has 0 amide bonds. The van der Waals surface area contributed by atoms with Gasteiger partial charge in [-0.25, -0.2) is 4.98 Å². The van der Waals surface area contributed by atoms with E-state index in [1.165, 1.54) is 19.4 Å². The number of ether oxygens (including phenoxy) is 7. The van der Waals surface area contributed by atoms with Crippen molar-refractivity contribution in [3.8, 4) is 11.5 Å². The number of ketones is 1. The summed E-state index contributed by atoms with van der Waals surface area (Å²) in [4.78, 5) is 41.6. The van der Waals surface area contributed by atoms with Gasteiger partial charge in [-0.3, -0.25) is 14.4 Å². The highest BCUT2D eigenvalue weighted by molar-refractivity contribution is 5.99. The molecule has 2 saturated heterocycles. The van der Waals surface area contributed by atoms with Gasteiger partial charge in [0, 0.05) is 45.1 Å². The van der Waals surface area contributed by atoms with Crippen molar-refractivity contribution in [3.63, 3.8) is 0 Å². The maximum atomic E-state index is 12.9. The van der Waals surface area contributed by atoms with Crippen LogP contribution >= 0.6 is 12.4 Å². The molecule has 2 aliphatic rings. The zero-order chi connectivity index (χ0) is 39.5. The van der Waals surface area contributed by atoms with Gasteiger partial charge in [0.25, 0.3) is 0 Å². The van der Waals surface area contributed by atoms with Crippen molar-refractivity contribution in [2.24, 2.45) is 35.3 Å². The van der Waals surface area contributed by atoms with Crippen LogP contribution in [0.3, 0.4) is 0 Å². The Hall–Kier alpha value is -2.55. The van der Waals surface area contributed by atoms with Crippen molar-refractivity contribution < 1.29 is 52.6 Å². The molecule has 54 heavy (non-hydrogen) atoms. The number of esters is 2. The molecular weight excluding hydrogens is 720 g/mol. The summed E-state index contributed by atoms with van der Waals surface area (Å²) in [5.41, 5.74) is 5.62. The molecule has 13 nitrogen and oxygen atoms in total. The number of halogens is 1. The average Bonchev–Trinajstić information content (AvgIpc) is 3.10. The van der Waals surface area contributed by atoms with Crippen molar-refractivity contribution >= 4 is 30.1 Å². The standard InChI is InChI=1S/C24H37NO7.C16H31NO4.ClH/c1-6-7-17-9-11-30-14-18(24(28)32-16(4)23(17)31-13-15(2)3)12-19(26)21-22(27)20(29-5)8-10-25-21;1-5-6-13-7-8-19-10-14(17)16(18)21-12(4)15(13)20-9-11(2)3;/h8,10,15-18,23,27H,6-7,9,11-14H2,1-5H3;11-15H,5-10,17H2,1-4H3;1H/t16-,17-,18-,23-;12-,13-,14-,15-;/m00./s1. The summed E-state index contributed by atoms with van der Waals surface area (Å²) >= 11 is 0. The number of carbonyl (C=O) groups is 3. The molecule has 3 heterocycles. The number of hydrogen-bond donors (Lipinski definition) is 2. The van der Waals surface area contributed by atoms with Gasteiger partial charge in [0.05, 0.1) is 38.4 Å². The van der Waals surface area contributed by atoms with Gasteiger partial charge in [-0.2, -0.15) is 0 Å². The number of rotatable bonds is 14. The van der Waals surface area contributed by atoms with Crippen molar-refractivity contribution in [1.82, 2.24) is 4.98 Å². The SMILES string of the molecule is CCC[C@H]1CCOC[C@H](CC(=O)c2nccc(OC)c2O)C(=O)O[C@@H](C)[C@@H]1OCC(C)C.CCC[C@H]1CCOC[C@H](N)C(=O)O[C@@H](C)[C@@H]1OCC(C)C.Cl. The van der Waals surface area contributed by atoms with Crippen LogP contribution in [0.4, 0.5) is 0 Å². The van der Waals surface area contributed by atoms with Crippen molar-refractivity contribution in [3.05, 3.63) is 18.0 Å². The van der Waals surface area contributed by atoms with Crippen LogP contribution in [0, 0.1) is 29.6 Å². The summed E-state index contributed by atoms with van der Waals surface area (Å²) < 4.78 is 39.8. The van der Waals surface area contributed by atoms with Crippen molar-refractivity contribution in [2.75, 3.05) is 46.8 Å². The zero-order valence-electron chi connectivity index (χ0n) is 34.1. The van der Waals surface area contributed by atoms with Crippen LogP contribution in [-0.4, -0.2) is 105 Å². The number of cyclic esters (lactones) is 2. The summed E-state index contributed by atoms with van der Waals surface area (Å²) in [6, 6.07) is 0.750. The molecule has 3 N–H and O–H groups in total. The normalized spacial score (nSPS) is 27.1. The largest absolute Gasteiger partial charge is 0.503 e. The van der Waals surface area contributed by atoms with Gasteiger partial charge in [0.1, 0.15) is 18.2 Å². The second-order valence-electron chi connectivity index (χ2n) is 15.1. The molecule has 0 aromatic carbocycles. The number of carbonyl (C=O) groups excluding carboxylic acids is 3. The van der Waals surface area contributed by atoms with Crippen molar-refractivity contribution in [2.45, 2.75) is 131 Å². The Morgan fingerprint density at radius 1 is 0.889 bits per heavy atom. The highest BCUT2D eigenvalue weighted by Crippen LogP contribution is 2.31. The molecule has 2 fully saturated rings. The predicted molar refractivity (Wildman–Crippen MR) is 208 cm³/mol. The van der Waals surface area contributed by atoms with Gasteiger partial charge < -0.3 is 44.0 Å². The highest BCUT2D eigenvalue weighted by atomic mass is 35.5. The number of methoxy groups -OCH3 is 1. The Kier molecular flexibility index (Phi) is 24.1.